The molecule has 0 aromatic rings. The molecule has 1 spiro atoms. The summed E-state index contributed by atoms with van der Waals surface area (Å²) in [7, 11) is 0. The zero-order valence-electron chi connectivity index (χ0n) is 12.8. The third-order valence-corrected chi connectivity index (χ3v) is 4.39. The molecule has 2 fully saturated rings. The first-order valence-corrected chi connectivity index (χ1v) is 7.56. The molecule has 0 aromatic carbocycles. The van der Waals surface area contributed by atoms with Gasteiger partial charge in [0, 0.05) is 18.6 Å². The van der Waals surface area contributed by atoms with Gasteiger partial charge in [-0.25, -0.2) is 4.79 Å². The number of nitrogens with one attached hydrogen (secondary N) is 1. The molecule has 0 radical (unpaired) electrons. The predicted molar refractivity (Wildman–Crippen MR) is 76.2 cm³/mol. The summed E-state index contributed by atoms with van der Waals surface area (Å²) in [4.78, 5) is 13.9. The van der Waals surface area contributed by atoms with Crippen LogP contribution >= 0.6 is 0 Å². The number of piperidine rings is 1. The van der Waals surface area contributed by atoms with Crippen molar-refractivity contribution in [3.05, 3.63) is 0 Å². The molecule has 0 aromatic heterocycles. The van der Waals surface area contributed by atoms with Gasteiger partial charge in [0.1, 0.15) is 5.60 Å². The number of carbonyl (C=O) groups excluding carboxylic acids is 1. The van der Waals surface area contributed by atoms with Gasteiger partial charge in [-0.1, -0.05) is 13.3 Å². The van der Waals surface area contributed by atoms with Gasteiger partial charge in [-0.05, 0) is 52.5 Å². The maximum atomic E-state index is 12.0. The number of carbonyl (C=O) groups is 1. The zero-order chi connectivity index (χ0) is 14.1. The number of ether oxygens (including phenoxy) is 1. The summed E-state index contributed by atoms with van der Waals surface area (Å²) in [6.07, 6.45) is 4.48. The van der Waals surface area contributed by atoms with Gasteiger partial charge in [0.2, 0.25) is 0 Å². The number of amides is 1. The summed E-state index contributed by atoms with van der Waals surface area (Å²) in [5.41, 5.74) is -0.107. The molecule has 2 aliphatic rings. The van der Waals surface area contributed by atoms with Gasteiger partial charge in [-0.15, -0.1) is 0 Å². The van der Waals surface area contributed by atoms with E-state index in [1.165, 1.54) is 12.8 Å². The molecule has 1 N–H and O–H groups in total. The lowest BCUT2D eigenvalue weighted by atomic mass is 9.83. The van der Waals surface area contributed by atoms with Crippen molar-refractivity contribution in [1.29, 1.82) is 0 Å². The fourth-order valence-electron chi connectivity index (χ4n) is 3.17. The van der Waals surface area contributed by atoms with Crippen molar-refractivity contribution < 1.29 is 9.53 Å². The van der Waals surface area contributed by atoms with E-state index in [0.717, 1.165) is 38.4 Å². The summed E-state index contributed by atoms with van der Waals surface area (Å²) in [5.74, 6) is 0.813. The van der Waals surface area contributed by atoms with Crippen LogP contribution in [0, 0.1) is 5.92 Å². The molecule has 110 valence electrons. The van der Waals surface area contributed by atoms with E-state index in [9.17, 15) is 4.79 Å². The number of hydrogen-bond acceptors (Lipinski definition) is 3. The van der Waals surface area contributed by atoms with Crippen molar-refractivity contribution in [3.63, 3.8) is 0 Å². The van der Waals surface area contributed by atoms with Crippen LogP contribution in [-0.4, -0.2) is 41.8 Å². The number of nitrogens with zero attached hydrogens (tertiary/aromatic N) is 1. The summed E-state index contributed by atoms with van der Waals surface area (Å²) in [6, 6.07) is 0. The van der Waals surface area contributed by atoms with Gasteiger partial charge in [-0.2, -0.15) is 0 Å². The van der Waals surface area contributed by atoms with Crippen LogP contribution in [0.3, 0.4) is 0 Å². The van der Waals surface area contributed by atoms with Gasteiger partial charge >= 0.3 is 6.09 Å². The Labute approximate surface area is 116 Å². The zero-order valence-corrected chi connectivity index (χ0v) is 12.8. The largest absolute Gasteiger partial charge is 0.444 e. The molecule has 2 aliphatic heterocycles. The van der Waals surface area contributed by atoms with E-state index in [1.54, 1.807) is 0 Å². The number of rotatable bonds is 1. The molecule has 4 nitrogen and oxygen atoms in total. The molecule has 19 heavy (non-hydrogen) atoms. The Bertz CT molecular complexity index is 328. The van der Waals surface area contributed by atoms with Crippen molar-refractivity contribution in [2.24, 2.45) is 5.92 Å². The first-order valence-electron chi connectivity index (χ1n) is 7.56. The van der Waals surface area contributed by atoms with Gasteiger partial charge in [0.25, 0.3) is 0 Å². The second kappa shape index (κ2) is 5.31. The SMILES string of the molecule is CCC1CNC2(CCN(C(=O)OC(C)(C)C)CC2)C1. The Morgan fingerprint density at radius 2 is 2.00 bits per heavy atom. The molecule has 2 rings (SSSR count). The van der Waals surface area contributed by atoms with E-state index in [1.807, 2.05) is 25.7 Å². The van der Waals surface area contributed by atoms with Crippen LogP contribution in [0.5, 0.6) is 0 Å². The first-order chi connectivity index (χ1) is 8.84. The van der Waals surface area contributed by atoms with E-state index >= 15 is 0 Å². The summed E-state index contributed by atoms with van der Waals surface area (Å²) in [5, 5.41) is 3.70. The Morgan fingerprint density at radius 1 is 1.37 bits per heavy atom. The van der Waals surface area contributed by atoms with Crippen molar-refractivity contribution in [3.8, 4) is 0 Å². The Hall–Kier alpha value is -0.770. The minimum atomic E-state index is -0.398. The average molecular weight is 268 g/mol. The van der Waals surface area contributed by atoms with Crippen LogP contribution in [-0.2, 0) is 4.74 Å². The Morgan fingerprint density at radius 3 is 2.47 bits per heavy atom. The predicted octanol–water partition coefficient (Wildman–Crippen LogP) is 2.78. The molecule has 0 saturated carbocycles. The van der Waals surface area contributed by atoms with Gasteiger partial charge in [0.15, 0.2) is 0 Å². The van der Waals surface area contributed by atoms with Crippen LogP contribution in [0.1, 0.15) is 53.4 Å². The van der Waals surface area contributed by atoms with E-state index in [4.69, 9.17) is 4.74 Å². The second-order valence-corrected chi connectivity index (χ2v) is 7.11. The molecular formula is C15H28N2O2. The molecule has 1 atom stereocenters. The average Bonchev–Trinajstić information content (AvgIpc) is 2.71. The Balaban J connectivity index is 1.84. The fourth-order valence-corrected chi connectivity index (χ4v) is 3.17. The highest BCUT2D eigenvalue weighted by Gasteiger charge is 2.41. The number of hydrogen-bond donors (Lipinski definition) is 1. The standard InChI is InChI=1S/C15H28N2O2/c1-5-12-10-15(16-11-12)6-8-17(9-7-15)13(18)19-14(2,3)4/h12,16H,5-11H2,1-4H3. The van der Waals surface area contributed by atoms with Crippen LogP contribution < -0.4 is 5.32 Å². The van der Waals surface area contributed by atoms with E-state index in [2.05, 4.69) is 12.2 Å². The van der Waals surface area contributed by atoms with Crippen LogP contribution in [0.15, 0.2) is 0 Å². The first kappa shape index (κ1) is 14.6. The maximum Gasteiger partial charge on any atom is 0.410 e. The highest BCUT2D eigenvalue weighted by molar-refractivity contribution is 5.68. The van der Waals surface area contributed by atoms with Crippen molar-refractivity contribution in [2.45, 2.75) is 64.5 Å². The Kier molecular flexibility index (Phi) is 4.09. The van der Waals surface area contributed by atoms with E-state index in [0.29, 0.717) is 5.54 Å². The molecule has 0 bridgehead atoms. The minimum Gasteiger partial charge on any atom is -0.444 e. The molecule has 1 amide bonds. The fraction of sp³-hybridized carbons (Fsp3) is 0.933. The van der Waals surface area contributed by atoms with Crippen molar-refractivity contribution in [2.75, 3.05) is 19.6 Å². The molecule has 4 heteroatoms. The highest BCUT2D eigenvalue weighted by Crippen LogP contribution is 2.35. The quantitative estimate of drug-likeness (QED) is 0.795. The van der Waals surface area contributed by atoms with E-state index in [-0.39, 0.29) is 6.09 Å². The summed E-state index contributed by atoms with van der Waals surface area (Å²) in [6.45, 7) is 10.8. The van der Waals surface area contributed by atoms with Gasteiger partial charge in [0.05, 0.1) is 0 Å². The molecule has 1 unspecified atom stereocenters. The van der Waals surface area contributed by atoms with Crippen molar-refractivity contribution in [1.82, 2.24) is 10.2 Å². The maximum absolute atomic E-state index is 12.0. The highest BCUT2D eigenvalue weighted by atomic mass is 16.6. The lowest BCUT2D eigenvalue weighted by Gasteiger charge is -2.40. The van der Waals surface area contributed by atoms with Crippen LogP contribution in [0.25, 0.3) is 0 Å². The van der Waals surface area contributed by atoms with Gasteiger partial charge < -0.3 is 15.0 Å². The topological polar surface area (TPSA) is 41.6 Å². The van der Waals surface area contributed by atoms with E-state index < -0.39 is 5.60 Å². The monoisotopic (exact) mass is 268 g/mol. The molecular weight excluding hydrogens is 240 g/mol. The second-order valence-electron chi connectivity index (χ2n) is 7.11. The normalized spacial score (nSPS) is 26.7. The smallest absolute Gasteiger partial charge is 0.410 e. The minimum absolute atomic E-state index is 0.160. The third kappa shape index (κ3) is 3.62. The molecule has 2 saturated heterocycles. The van der Waals surface area contributed by atoms with Crippen LogP contribution in [0.2, 0.25) is 0 Å². The summed E-state index contributed by atoms with van der Waals surface area (Å²) < 4.78 is 5.44. The lowest BCUT2D eigenvalue weighted by molar-refractivity contribution is 0.0156. The van der Waals surface area contributed by atoms with Crippen molar-refractivity contribution >= 4 is 6.09 Å². The molecule has 2 heterocycles. The van der Waals surface area contributed by atoms with Gasteiger partial charge in [-0.3, -0.25) is 0 Å². The molecule has 0 aliphatic carbocycles. The number of likely N-dealkylation sites (tertiary alicyclic amines) is 1. The van der Waals surface area contributed by atoms with Crippen LogP contribution in [0.4, 0.5) is 4.79 Å². The third-order valence-electron chi connectivity index (χ3n) is 4.39. The summed E-state index contributed by atoms with van der Waals surface area (Å²) >= 11 is 0. The lowest BCUT2D eigenvalue weighted by Crippen LogP contribution is -2.52.